The number of hydrogen-bond donors (Lipinski definition) is 2. The fourth-order valence-corrected chi connectivity index (χ4v) is 4.46. The number of rotatable bonds is 7. The molecule has 1 heterocycles. The van der Waals surface area contributed by atoms with Gasteiger partial charge in [0.15, 0.2) is 0 Å². The third-order valence-electron chi connectivity index (χ3n) is 5.24. The molecule has 1 aromatic heterocycles. The smallest absolute Gasteiger partial charge is 0.251 e. The zero-order valence-corrected chi connectivity index (χ0v) is 19.1. The van der Waals surface area contributed by atoms with Gasteiger partial charge < -0.3 is 10.4 Å². The van der Waals surface area contributed by atoms with Gasteiger partial charge in [0, 0.05) is 21.6 Å². The Labute approximate surface area is 198 Å². The third-order valence-corrected chi connectivity index (χ3v) is 6.50. The molecule has 5 heteroatoms. The van der Waals surface area contributed by atoms with Gasteiger partial charge in [0.1, 0.15) is 5.75 Å². The van der Waals surface area contributed by atoms with Gasteiger partial charge in [0.25, 0.3) is 5.91 Å². The van der Waals surface area contributed by atoms with Crippen LogP contribution in [-0.4, -0.2) is 16.0 Å². The maximum Gasteiger partial charge on any atom is 0.251 e. The van der Waals surface area contributed by atoms with Crippen LogP contribution < -0.4 is 5.32 Å². The summed E-state index contributed by atoms with van der Waals surface area (Å²) in [7, 11) is 0. The molecular weight excluding hydrogens is 428 g/mol. The van der Waals surface area contributed by atoms with Crippen LogP contribution in [0.15, 0.2) is 107 Å². The van der Waals surface area contributed by atoms with E-state index in [4.69, 9.17) is 0 Å². The highest BCUT2D eigenvalue weighted by Crippen LogP contribution is 2.37. The molecule has 1 amide bonds. The van der Waals surface area contributed by atoms with Crippen LogP contribution in [0.5, 0.6) is 5.75 Å². The first-order chi connectivity index (χ1) is 16.0. The molecule has 0 unspecified atom stereocenters. The lowest BCUT2D eigenvalue weighted by Gasteiger charge is -2.14. The molecule has 0 radical (unpaired) electrons. The summed E-state index contributed by atoms with van der Waals surface area (Å²) in [5, 5.41) is 12.5. The number of carbonyl (C=O) groups excluding carboxylic acids is 1. The van der Waals surface area contributed by atoms with Crippen LogP contribution >= 0.6 is 11.8 Å². The number of carbonyl (C=O) groups is 1. The first-order valence-electron chi connectivity index (χ1n) is 10.6. The van der Waals surface area contributed by atoms with Crippen LogP contribution in [0.1, 0.15) is 32.7 Å². The van der Waals surface area contributed by atoms with Crippen LogP contribution in [0.3, 0.4) is 0 Å². The monoisotopic (exact) mass is 452 g/mol. The fraction of sp³-hybridized carbons (Fsp3) is 0.0714. The summed E-state index contributed by atoms with van der Waals surface area (Å²) < 4.78 is 0. The van der Waals surface area contributed by atoms with Gasteiger partial charge in [0.2, 0.25) is 0 Å². The number of phenolic OH excluding ortho intramolecular Hbond substituents is 1. The van der Waals surface area contributed by atoms with Crippen molar-refractivity contribution >= 4 is 23.2 Å². The second kappa shape index (κ2) is 10.2. The molecule has 0 aliphatic heterocycles. The quantitative estimate of drug-likeness (QED) is 0.348. The molecule has 0 bridgehead atoms. The molecule has 0 spiro atoms. The van der Waals surface area contributed by atoms with Crippen molar-refractivity contribution < 1.29 is 9.90 Å². The van der Waals surface area contributed by atoms with E-state index in [0.29, 0.717) is 12.1 Å². The summed E-state index contributed by atoms with van der Waals surface area (Å²) in [5.41, 5.74) is 5.34. The lowest BCUT2D eigenvalue weighted by Crippen LogP contribution is -2.23. The zero-order chi connectivity index (χ0) is 23.2. The van der Waals surface area contributed by atoms with Crippen LogP contribution in [0.2, 0.25) is 0 Å². The summed E-state index contributed by atoms with van der Waals surface area (Å²) in [6.07, 6.45) is 1.71. The number of phenols is 1. The highest BCUT2D eigenvalue weighted by molar-refractivity contribution is 7.99. The van der Waals surface area contributed by atoms with Gasteiger partial charge in [0.05, 0.1) is 12.2 Å². The minimum atomic E-state index is -0.124. The van der Waals surface area contributed by atoms with E-state index >= 15 is 0 Å². The van der Waals surface area contributed by atoms with Gasteiger partial charge >= 0.3 is 0 Å². The van der Waals surface area contributed by atoms with E-state index in [0.717, 1.165) is 37.7 Å². The lowest BCUT2D eigenvalue weighted by molar-refractivity contribution is 0.0950. The van der Waals surface area contributed by atoms with Crippen molar-refractivity contribution in [2.24, 2.45) is 0 Å². The number of amides is 1. The van der Waals surface area contributed by atoms with Gasteiger partial charge in [-0.05, 0) is 77.7 Å². The standard InChI is InChI=1S/C28H24N2O2S/c1-19-17-22(28(32)30-18-23-7-5-6-16-29-23)12-15-26(19)33-27-9-4-3-8-25(27)20(2)21-10-13-24(31)14-11-21/h3-17,31H,2,18H2,1H3,(H,30,32). The molecule has 2 N–H and O–H groups in total. The minimum Gasteiger partial charge on any atom is -0.508 e. The van der Waals surface area contributed by atoms with Crippen LogP contribution in [0, 0.1) is 6.92 Å². The Kier molecular flexibility index (Phi) is 6.91. The predicted octanol–water partition coefficient (Wildman–Crippen LogP) is 6.24. The highest BCUT2D eigenvalue weighted by atomic mass is 32.2. The molecule has 3 aromatic carbocycles. The van der Waals surface area contributed by atoms with E-state index in [9.17, 15) is 9.90 Å². The number of nitrogens with zero attached hydrogens (tertiary/aromatic N) is 1. The molecule has 164 valence electrons. The van der Waals surface area contributed by atoms with Gasteiger partial charge in [-0.3, -0.25) is 9.78 Å². The van der Waals surface area contributed by atoms with Crippen LogP contribution in [-0.2, 0) is 6.54 Å². The fourth-order valence-electron chi connectivity index (χ4n) is 3.42. The Hall–Kier alpha value is -3.83. The topological polar surface area (TPSA) is 62.2 Å². The molecule has 0 aliphatic rings. The van der Waals surface area contributed by atoms with E-state index in [1.165, 1.54) is 0 Å². The second-order valence-electron chi connectivity index (χ2n) is 7.61. The first kappa shape index (κ1) is 22.4. The molecule has 33 heavy (non-hydrogen) atoms. The molecular formula is C28H24N2O2S. The molecule has 0 atom stereocenters. The first-order valence-corrected chi connectivity index (χ1v) is 11.4. The average Bonchev–Trinajstić information content (AvgIpc) is 2.85. The minimum absolute atomic E-state index is 0.124. The number of aromatic nitrogens is 1. The molecule has 4 nitrogen and oxygen atoms in total. The maximum absolute atomic E-state index is 12.6. The van der Waals surface area contributed by atoms with E-state index in [1.54, 1.807) is 30.1 Å². The number of pyridine rings is 1. The number of aryl methyl sites for hydroxylation is 1. The summed E-state index contributed by atoms with van der Waals surface area (Å²) in [4.78, 5) is 19.0. The van der Waals surface area contributed by atoms with E-state index in [-0.39, 0.29) is 11.7 Å². The SMILES string of the molecule is C=C(c1ccc(O)cc1)c1ccccc1Sc1ccc(C(=O)NCc2ccccn2)cc1C. The summed E-state index contributed by atoms with van der Waals surface area (Å²) in [6, 6.07) is 26.5. The highest BCUT2D eigenvalue weighted by Gasteiger charge is 2.13. The predicted molar refractivity (Wildman–Crippen MR) is 133 cm³/mol. The van der Waals surface area contributed by atoms with Crippen molar-refractivity contribution in [3.8, 4) is 5.75 Å². The molecule has 0 aliphatic carbocycles. The Morgan fingerprint density at radius 2 is 1.67 bits per heavy atom. The maximum atomic E-state index is 12.6. The zero-order valence-electron chi connectivity index (χ0n) is 18.3. The van der Waals surface area contributed by atoms with E-state index < -0.39 is 0 Å². The van der Waals surface area contributed by atoms with E-state index in [1.807, 2.05) is 73.7 Å². The Bertz CT molecular complexity index is 1290. The van der Waals surface area contributed by atoms with Crippen molar-refractivity contribution in [2.75, 3.05) is 0 Å². The average molecular weight is 453 g/mol. The summed E-state index contributed by atoms with van der Waals surface area (Å²) in [5.74, 6) is 0.107. The Balaban J connectivity index is 1.50. The normalized spacial score (nSPS) is 10.6. The van der Waals surface area contributed by atoms with Gasteiger partial charge in [-0.1, -0.05) is 54.7 Å². The van der Waals surface area contributed by atoms with Crippen molar-refractivity contribution in [1.29, 1.82) is 0 Å². The van der Waals surface area contributed by atoms with Gasteiger partial charge in [-0.25, -0.2) is 0 Å². The van der Waals surface area contributed by atoms with Crippen molar-refractivity contribution in [3.05, 3.63) is 126 Å². The lowest BCUT2D eigenvalue weighted by atomic mass is 9.99. The van der Waals surface area contributed by atoms with Crippen molar-refractivity contribution in [1.82, 2.24) is 10.3 Å². The number of benzene rings is 3. The van der Waals surface area contributed by atoms with Gasteiger partial charge in [-0.2, -0.15) is 0 Å². The third kappa shape index (κ3) is 5.51. The molecule has 4 rings (SSSR count). The molecule has 0 fully saturated rings. The number of aromatic hydroxyl groups is 1. The summed E-state index contributed by atoms with van der Waals surface area (Å²) >= 11 is 1.65. The van der Waals surface area contributed by atoms with E-state index in [2.05, 4.69) is 22.9 Å². The van der Waals surface area contributed by atoms with Crippen LogP contribution in [0.4, 0.5) is 0 Å². The second-order valence-corrected chi connectivity index (χ2v) is 8.69. The number of hydrogen-bond acceptors (Lipinski definition) is 4. The van der Waals surface area contributed by atoms with Crippen molar-refractivity contribution in [2.45, 2.75) is 23.3 Å². The molecule has 4 aromatic rings. The Morgan fingerprint density at radius 1 is 0.939 bits per heavy atom. The van der Waals surface area contributed by atoms with Crippen LogP contribution in [0.25, 0.3) is 5.57 Å². The molecule has 0 saturated carbocycles. The summed E-state index contributed by atoms with van der Waals surface area (Å²) in [6.45, 7) is 6.68. The largest absolute Gasteiger partial charge is 0.508 e. The van der Waals surface area contributed by atoms with Crippen molar-refractivity contribution in [3.63, 3.8) is 0 Å². The molecule has 0 saturated heterocycles. The number of nitrogens with one attached hydrogen (secondary N) is 1. The Morgan fingerprint density at radius 3 is 2.39 bits per heavy atom. The van der Waals surface area contributed by atoms with Gasteiger partial charge in [-0.15, -0.1) is 0 Å².